The van der Waals surface area contributed by atoms with E-state index in [1.807, 2.05) is 42.5 Å². The number of benzene rings is 1. The molecule has 4 nitrogen and oxygen atoms in total. The Kier molecular flexibility index (Phi) is 4.65. The van der Waals surface area contributed by atoms with E-state index in [2.05, 4.69) is 10.3 Å². The number of anilines is 1. The summed E-state index contributed by atoms with van der Waals surface area (Å²) in [6.45, 7) is 0. The number of nitrogens with zero attached hydrogens (tertiary/aromatic N) is 1. The van der Waals surface area contributed by atoms with Crippen LogP contribution >= 0.6 is 11.3 Å². The van der Waals surface area contributed by atoms with E-state index in [4.69, 9.17) is 4.42 Å². The first kappa shape index (κ1) is 16.1. The molecule has 1 saturated carbocycles. The summed E-state index contributed by atoms with van der Waals surface area (Å²) in [6, 6.07) is 13.8. The van der Waals surface area contributed by atoms with Crippen molar-refractivity contribution in [3.05, 3.63) is 48.7 Å². The Balaban J connectivity index is 1.64. The number of aromatic nitrogens is 1. The molecule has 0 aliphatic heterocycles. The van der Waals surface area contributed by atoms with E-state index in [1.54, 1.807) is 6.26 Å². The lowest BCUT2D eigenvalue weighted by atomic mass is 9.89. The second-order valence-corrected chi connectivity index (χ2v) is 7.36. The van der Waals surface area contributed by atoms with Crippen LogP contribution in [0.15, 0.2) is 53.1 Å². The lowest BCUT2D eigenvalue weighted by molar-refractivity contribution is -0.120. The SMILES string of the molecule is O=C(Nc1nc(-c2ccco2)c(-c2ccccc2)s1)C1CCCCC1. The minimum atomic E-state index is 0.0963. The summed E-state index contributed by atoms with van der Waals surface area (Å²) in [4.78, 5) is 18.2. The maximum atomic E-state index is 12.5. The quantitative estimate of drug-likeness (QED) is 0.666. The van der Waals surface area contributed by atoms with Crippen molar-refractivity contribution in [2.24, 2.45) is 5.92 Å². The zero-order valence-electron chi connectivity index (χ0n) is 13.9. The molecular formula is C20H20N2O2S. The van der Waals surface area contributed by atoms with Gasteiger partial charge in [0.15, 0.2) is 10.9 Å². The fourth-order valence-corrected chi connectivity index (χ4v) is 4.29. The van der Waals surface area contributed by atoms with Gasteiger partial charge < -0.3 is 9.73 Å². The molecule has 128 valence electrons. The Hall–Kier alpha value is -2.40. The monoisotopic (exact) mass is 352 g/mol. The van der Waals surface area contributed by atoms with Crippen molar-refractivity contribution in [2.45, 2.75) is 32.1 Å². The molecule has 2 aromatic heterocycles. The van der Waals surface area contributed by atoms with Crippen molar-refractivity contribution in [3.63, 3.8) is 0 Å². The lowest BCUT2D eigenvalue weighted by Gasteiger charge is -2.19. The van der Waals surface area contributed by atoms with Crippen molar-refractivity contribution < 1.29 is 9.21 Å². The highest BCUT2D eigenvalue weighted by Crippen LogP contribution is 2.39. The zero-order valence-corrected chi connectivity index (χ0v) is 14.7. The molecule has 25 heavy (non-hydrogen) atoms. The van der Waals surface area contributed by atoms with Crippen molar-refractivity contribution >= 4 is 22.4 Å². The molecule has 0 unspecified atom stereocenters. The molecule has 5 heteroatoms. The molecule has 2 heterocycles. The fraction of sp³-hybridized carbons (Fsp3) is 0.300. The van der Waals surface area contributed by atoms with Gasteiger partial charge in [-0.2, -0.15) is 0 Å². The van der Waals surface area contributed by atoms with Gasteiger partial charge in [0.05, 0.1) is 11.1 Å². The zero-order chi connectivity index (χ0) is 17.1. The van der Waals surface area contributed by atoms with E-state index in [-0.39, 0.29) is 11.8 Å². The third-order valence-corrected chi connectivity index (χ3v) is 5.64. The van der Waals surface area contributed by atoms with Gasteiger partial charge in [0.2, 0.25) is 5.91 Å². The minimum Gasteiger partial charge on any atom is -0.463 e. The molecule has 1 aromatic carbocycles. The molecule has 1 fully saturated rings. The first-order valence-electron chi connectivity index (χ1n) is 8.72. The van der Waals surface area contributed by atoms with E-state index in [1.165, 1.54) is 17.8 Å². The average Bonchev–Trinajstić information content (AvgIpc) is 3.33. The van der Waals surface area contributed by atoms with Crippen molar-refractivity contribution in [1.29, 1.82) is 0 Å². The molecule has 0 spiro atoms. The maximum absolute atomic E-state index is 12.5. The van der Waals surface area contributed by atoms with Gasteiger partial charge in [-0.3, -0.25) is 4.79 Å². The highest BCUT2D eigenvalue weighted by atomic mass is 32.1. The Morgan fingerprint density at radius 3 is 2.60 bits per heavy atom. The van der Waals surface area contributed by atoms with Crippen molar-refractivity contribution in [2.75, 3.05) is 5.32 Å². The number of rotatable bonds is 4. The molecule has 1 N–H and O–H groups in total. The van der Waals surface area contributed by atoms with E-state index in [0.29, 0.717) is 10.9 Å². The number of carbonyl (C=O) groups is 1. The summed E-state index contributed by atoms with van der Waals surface area (Å²) >= 11 is 1.50. The van der Waals surface area contributed by atoms with Crippen LogP contribution in [0.25, 0.3) is 21.9 Å². The third kappa shape index (κ3) is 3.51. The van der Waals surface area contributed by atoms with E-state index < -0.39 is 0 Å². The molecule has 0 atom stereocenters. The van der Waals surface area contributed by atoms with Crippen LogP contribution in [0.5, 0.6) is 0 Å². The number of nitrogens with one attached hydrogen (secondary N) is 1. The van der Waals surface area contributed by atoms with E-state index >= 15 is 0 Å². The lowest BCUT2D eigenvalue weighted by Crippen LogP contribution is -2.24. The molecule has 0 bridgehead atoms. The minimum absolute atomic E-state index is 0.0963. The summed E-state index contributed by atoms with van der Waals surface area (Å²) in [5.41, 5.74) is 1.85. The van der Waals surface area contributed by atoms with Crippen LogP contribution in [0.3, 0.4) is 0 Å². The maximum Gasteiger partial charge on any atom is 0.229 e. The van der Waals surface area contributed by atoms with Crippen LogP contribution in [-0.2, 0) is 4.79 Å². The molecule has 0 saturated heterocycles. The van der Waals surface area contributed by atoms with Crippen LogP contribution < -0.4 is 5.32 Å². The topological polar surface area (TPSA) is 55.1 Å². The third-order valence-electron chi connectivity index (χ3n) is 4.62. The van der Waals surface area contributed by atoms with E-state index in [9.17, 15) is 4.79 Å². The molecule has 0 radical (unpaired) electrons. The Bertz CT molecular complexity index is 834. The predicted octanol–water partition coefficient (Wildman–Crippen LogP) is 5.59. The van der Waals surface area contributed by atoms with Gasteiger partial charge in [0, 0.05) is 5.92 Å². The Morgan fingerprint density at radius 2 is 1.88 bits per heavy atom. The van der Waals surface area contributed by atoms with Gasteiger partial charge in [-0.25, -0.2) is 4.98 Å². The van der Waals surface area contributed by atoms with Crippen molar-refractivity contribution in [1.82, 2.24) is 4.98 Å². The molecule has 3 aromatic rings. The fourth-order valence-electron chi connectivity index (χ4n) is 3.31. The van der Waals surface area contributed by atoms with Crippen LogP contribution in [0.1, 0.15) is 32.1 Å². The Morgan fingerprint density at radius 1 is 1.08 bits per heavy atom. The first-order chi connectivity index (χ1) is 12.3. The molecule has 1 aliphatic rings. The largest absolute Gasteiger partial charge is 0.463 e. The molecule has 1 amide bonds. The molecule has 1 aliphatic carbocycles. The first-order valence-corrected chi connectivity index (χ1v) is 9.54. The highest BCUT2D eigenvalue weighted by molar-refractivity contribution is 7.19. The second-order valence-electron chi connectivity index (χ2n) is 6.36. The van der Waals surface area contributed by atoms with Gasteiger partial charge in [0.1, 0.15) is 5.69 Å². The molecule has 4 rings (SSSR count). The molecular weight excluding hydrogens is 332 g/mol. The summed E-state index contributed by atoms with van der Waals surface area (Å²) in [7, 11) is 0. The number of carbonyl (C=O) groups excluding carboxylic acids is 1. The van der Waals surface area contributed by atoms with Gasteiger partial charge in [0.25, 0.3) is 0 Å². The van der Waals surface area contributed by atoms with Crippen LogP contribution in [-0.4, -0.2) is 10.9 Å². The number of thiazole rings is 1. The van der Waals surface area contributed by atoms with Crippen molar-refractivity contribution in [3.8, 4) is 21.9 Å². The average molecular weight is 352 g/mol. The van der Waals surface area contributed by atoms with Crippen LogP contribution in [0, 0.1) is 5.92 Å². The standard InChI is InChI=1S/C20H20N2O2S/c23-19(15-10-5-2-6-11-15)22-20-21-17(16-12-7-13-24-16)18(25-20)14-8-3-1-4-9-14/h1,3-4,7-9,12-13,15H,2,5-6,10-11H2,(H,21,22,23). The number of hydrogen-bond donors (Lipinski definition) is 1. The Labute approximate surface area is 150 Å². The summed E-state index contributed by atoms with van der Waals surface area (Å²) in [6.07, 6.45) is 7.12. The second kappa shape index (κ2) is 7.23. The van der Waals surface area contributed by atoms with Crippen LogP contribution in [0.2, 0.25) is 0 Å². The smallest absolute Gasteiger partial charge is 0.229 e. The summed E-state index contributed by atoms with van der Waals surface area (Å²) in [5.74, 6) is 0.928. The van der Waals surface area contributed by atoms with Crippen LogP contribution in [0.4, 0.5) is 5.13 Å². The van der Waals surface area contributed by atoms with Gasteiger partial charge >= 0.3 is 0 Å². The normalized spacial score (nSPS) is 15.2. The predicted molar refractivity (Wildman–Crippen MR) is 100 cm³/mol. The van der Waals surface area contributed by atoms with Gasteiger partial charge in [-0.05, 0) is 30.5 Å². The van der Waals surface area contributed by atoms with Gasteiger partial charge in [-0.1, -0.05) is 60.9 Å². The summed E-state index contributed by atoms with van der Waals surface area (Å²) in [5, 5.41) is 3.67. The highest BCUT2D eigenvalue weighted by Gasteiger charge is 2.23. The van der Waals surface area contributed by atoms with Gasteiger partial charge in [-0.15, -0.1) is 0 Å². The number of amides is 1. The number of hydrogen-bond acceptors (Lipinski definition) is 4. The van der Waals surface area contributed by atoms with E-state index in [0.717, 1.165) is 41.8 Å². The number of furan rings is 1. The summed E-state index contributed by atoms with van der Waals surface area (Å²) < 4.78 is 5.55.